The van der Waals surface area contributed by atoms with Gasteiger partial charge in [0.05, 0.1) is 7.11 Å². The van der Waals surface area contributed by atoms with Gasteiger partial charge in [-0.05, 0) is 17.7 Å². The third kappa shape index (κ3) is 1.57. The number of hydrogen-bond acceptors (Lipinski definition) is 3. The first-order valence-corrected chi connectivity index (χ1v) is 4.69. The molecule has 1 heterocycles. The molecule has 1 aliphatic rings. The Morgan fingerprint density at radius 1 is 1.53 bits per heavy atom. The van der Waals surface area contributed by atoms with Gasteiger partial charge >= 0.3 is 5.97 Å². The highest BCUT2D eigenvalue weighted by atomic mass is 35.5. The van der Waals surface area contributed by atoms with Crippen molar-refractivity contribution in [2.75, 3.05) is 12.4 Å². The van der Waals surface area contributed by atoms with E-state index >= 15 is 0 Å². The number of nitrogens with one attached hydrogen (secondary N) is 1. The number of fused-ring (bicyclic) bond motifs is 1. The summed E-state index contributed by atoms with van der Waals surface area (Å²) < 4.78 is 4.56. The molecule has 1 amide bonds. The van der Waals surface area contributed by atoms with Crippen molar-refractivity contribution in [3.63, 3.8) is 0 Å². The van der Waals surface area contributed by atoms with E-state index in [0.717, 1.165) is 0 Å². The molecule has 1 atom stereocenters. The highest BCUT2D eigenvalue weighted by Crippen LogP contribution is 2.34. The van der Waals surface area contributed by atoms with Crippen LogP contribution in [0, 0.1) is 0 Å². The fourth-order valence-corrected chi connectivity index (χ4v) is 1.76. The highest BCUT2D eigenvalue weighted by Gasteiger charge is 2.37. The molecule has 0 radical (unpaired) electrons. The molecule has 0 saturated heterocycles. The first-order chi connectivity index (χ1) is 7.13. The number of ether oxygens (including phenoxy) is 1. The van der Waals surface area contributed by atoms with Crippen LogP contribution in [0.3, 0.4) is 0 Å². The number of carbonyl (C=O) groups excluding carboxylic acids is 2. The van der Waals surface area contributed by atoms with Crippen molar-refractivity contribution in [2.45, 2.75) is 5.92 Å². The number of amides is 1. The van der Waals surface area contributed by atoms with Crippen molar-refractivity contribution in [1.82, 2.24) is 0 Å². The number of halogens is 1. The number of hydrogen-bond donors (Lipinski definition) is 1. The average Bonchev–Trinajstić information content (AvgIpc) is 2.52. The van der Waals surface area contributed by atoms with Gasteiger partial charge in [0.2, 0.25) is 5.91 Å². The zero-order valence-corrected chi connectivity index (χ0v) is 8.67. The molecular formula is C10H8ClNO3. The van der Waals surface area contributed by atoms with Gasteiger partial charge < -0.3 is 10.1 Å². The van der Waals surface area contributed by atoms with Crippen LogP contribution in [0.2, 0.25) is 5.02 Å². The highest BCUT2D eigenvalue weighted by molar-refractivity contribution is 6.31. The third-order valence-corrected chi connectivity index (χ3v) is 2.52. The van der Waals surface area contributed by atoms with Gasteiger partial charge in [0.15, 0.2) is 5.92 Å². The minimum atomic E-state index is -0.873. The molecule has 1 aromatic carbocycles. The maximum atomic E-state index is 11.5. The Kier molecular flexibility index (Phi) is 2.36. The number of anilines is 1. The van der Waals surface area contributed by atoms with Gasteiger partial charge in [-0.2, -0.15) is 0 Å². The third-order valence-electron chi connectivity index (χ3n) is 2.28. The van der Waals surface area contributed by atoms with Crippen LogP contribution < -0.4 is 5.32 Å². The van der Waals surface area contributed by atoms with E-state index in [4.69, 9.17) is 11.6 Å². The van der Waals surface area contributed by atoms with Crippen molar-refractivity contribution in [2.24, 2.45) is 0 Å². The van der Waals surface area contributed by atoms with Gasteiger partial charge in [-0.15, -0.1) is 0 Å². The summed E-state index contributed by atoms with van der Waals surface area (Å²) in [5.41, 5.74) is 1.18. The second-order valence-corrected chi connectivity index (χ2v) is 3.61. The molecule has 0 aromatic heterocycles. The summed E-state index contributed by atoms with van der Waals surface area (Å²) in [6.07, 6.45) is 0. The van der Waals surface area contributed by atoms with E-state index in [9.17, 15) is 9.59 Å². The number of carbonyl (C=O) groups is 2. The second-order valence-electron chi connectivity index (χ2n) is 3.18. The Labute approximate surface area is 91.2 Å². The SMILES string of the molecule is COC(=O)C1C(=O)Nc2cc(Cl)ccc21. The predicted octanol–water partition coefficient (Wildman–Crippen LogP) is 1.55. The largest absolute Gasteiger partial charge is 0.468 e. The molecule has 1 aromatic rings. The normalized spacial score (nSPS) is 18.3. The van der Waals surface area contributed by atoms with Gasteiger partial charge in [-0.3, -0.25) is 9.59 Å². The standard InChI is InChI=1S/C10H8ClNO3/c1-15-10(14)8-6-3-2-5(11)4-7(6)12-9(8)13/h2-4,8H,1H3,(H,12,13). The maximum absolute atomic E-state index is 11.5. The van der Waals surface area contributed by atoms with Crippen LogP contribution in [-0.4, -0.2) is 19.0 Å². The van der Waals surface area contributed by atoms with Gasteiger partial charge in [-0.1, -0.05) is 17.7 Å². The molecule has 15 heavy (non-hydrogen) atoms. The maximum Gasteiger partial charge on any atom is 0.322 e. The zero-order valence-electron chi connectivity index (χ0n) is 7.91. The molecule has 0 spiro atoms. The lowest BCUT2D eigenvalue weighted by Gasteiger charge is -2.05. The fraction of sp³-hybridized carbons (Fsp3) is 0.200. The smallest absolute Gasteiger partial charge is 0.322 e. The molecule has 1 aliphatic heterocycles. The minimum Gasteiger partial charge on any atom is -0.468 e. The van der Waals surface area contributed by atoms with Gasteiger partial charge in [-0.25, -0.2) is 0 Å². The van der Waals surface area contributed by atoms with E-state index in [0.29, 0.717) is 16.3 Å². The number of methoxy groups -OCH3 is 1. The summed E-state index contributed by atoms with van der Waals surface area (Å²) >= 11 is 5.76. The van der Waals surface area contributed by atoms with E-state index in [1.165, 1.54) is 7.11 Å². The first-order valence-electron chi connectivity index (χ1n) is 4.31. The van der Waals surface area contributed by atoms with Gasteiger partial charge in [0.25, 0.3) is 0 Å². The Morgan fingerprint density at radius 3 is 2.93 bits per heavy atom. The van der Waals surface area contributed by atoms with Crippen LogP contribution in [0.5, 0.6) is 0 Å². The molecule has 0 bridgehead atoms. The van der Waals surface area contributed by atoms with Crippen LogP contribution >= 0.6 is 11.6 Å². The lowest BCUT2D eigenvalue weighted by Crippen LogP contribution is -2.21. The molecule has 0 saturated carbocycles. The Balaban J connectivity index is 2.46. The number of esters is 1. The molecule has 0 fully saturated rings. The summed E-state index contributed by atoms with van der Waals surface area (Å²) in [5.74, 6) is -1.81. The molecule has 1 N–H and O–H groups in total. The number of benzene rings is 1. The van der Waals surface area contributed by atoms with E-state index in [1.54, 1.807) is 18.2 Å². The average molecular weight is 226 g/mol. The molecule has 5 heteroatoms. The lowest BCUT2D eigenvalue weighted by molar-refractivity contribution is -0.144. The van der Waals surface area contributed by atoms with E-state index in [-0.39, 0.29) is 5.91 Å². The van der Waals surface area contributed by atoms with Crippen molar-refractivity contribution < 1.29 is 14.3 Å². The summed E-state index contributed by atoms with van der Waals surface area (Å²) in [6, 6.07) is 4.89. The van der Waals surface area contributed by atoms with E-state index < -0.39 is 11.9 Å². The first kappa shape index (κ1) is 9.98. The van der Waals surface area contributed by atoms with Crippen LogP contribution in [-0.2, 0) is 14.3 Å². The summed E-state index contributed by atoms with van der Waals surface area (Å²) in [7, 11) is 1.25. The monoisotopic (exact) mass is 225 g/mol. The molecular weight excluding hydrogens is 218 g/mol. The van der Waals surface area contributed by atoms with Crippen molar-refractivity contribution >= 4 is 29.2 Å². The van der Waals surface area contributed by atoms with E-state index in [1.807, 2.05) is 0 Å². The Morgan fingerprint density at radius 2 is 2.27 bits per heavy atom. The van der Waals surface area contributed by atoms with Crippen LogP contribution in [0.4, 0.5) is 5.69 Å². The molecule has 1 unspecified atom stereocenters. The molecule has 0 aliphatic carbocycles. The summed E-state index contributed by atoms with van der Waals surface area (Å²) in [5, 5.41) is 3.09. The van der Waals surface area contributed by atoms with Crippen LogP contribution in [0.1, 0.15) is 11.5 Å². The molecule has 4 nitrogen and oxygen atoms in total. The van der Waals surface area contributed by atoms with Crippen LogP contribution in [0.15, 0.2) is 18.2 Å². The Bertz CT molecular complexity index is 444. The fourth-order valence-electron chi connectivity index (χ4n) is 1.59. The number of rotatable bonds is 1. The minimum absolute atomic E-state index is 0.376. The Hall–Kier alpha value is -1.55. The second kappa shape index (κ2) is 3.55. The summed E-state index contributed by atoms with van der Waals surface area (Å²) in [4.78, 5) is 22.8. The molecule has 78 valence electrons. The quantitative estimate of drug-likeness (QED) is 0.583. The van der Waals surface area contributed by atoms with Gasteiger partial charge in [0, 0.05) is 10.7 Å². The van der Waals surface area contributed by atoms with Crippen molar-refractivity contribution in [3.8, 4) is 0 Å². The van der Waals surface area contributed by atoms with Crippen molar-refractivity contribution in [3.05, 3.63) is 28.8 Å². The predicted molar refractivity (Wildman–Crippen MR) is 54.8 cm³/mol. The van der Waals surface area contributed by atoms with Crippen LogP contribution in [0.25, 0.3) is 0 Å². The summed E-state index contributed by atoms with van der Waals surface area (Å²) in [6.45, 7) is 0. The molecule has 2 rings (SSSR count). The van der Waals surface area contributed by atoms with E-state index in [2.05, 4.69) is 10.1 Å². The van der Waals surface area contributed by atoms with Crippen molar-refractivity contribution in [1.29, 1.82) is 0 Å². The topological polar surface area (TPSA) is 55.4 Å². The zero-order chi connectivity index (χ0) is 11.0. The lowest BCUT2D eigenvalue weighted by atomic mass is 10.0. The van der Waals surface area contributed by atoms with Gasteiger partial charge in [0.1, 0.15) is 0 Å².